The van der Waals surface area contributed by atoms with Gasteiger partial charge in [-0.25, -0.2) is 14.6 Å². The van der Waals surface area contributed by atoms with E-state index < -0.39 is 0 Å². The van der Waals surface area contributed by atoms with Crippen molar-refractivity contribution in [1.29, 1.82) is 0 Å². The number of piperazine rings is 1. The predicted octanol–water partition coefficient (Wildman–Crippen LogP) is 1.85. The minimum Gasteiger partial charge on any atom is -0.367 e. The highest BCUT2D eigenvalue weighted by Crippen LogP contribution is 2.33. The van der Waals surface area contributed by atoms with Crippen LogP contribution in [-0.2, 0) is 11.8 Å². The molecule has 0 radical (unpaired) electrons. The summed E-state index contributed by atoms with van der Waals surface area (Å²) in [6.07, 6.45) is 1.51. The third kappa shape index (κ3) is 3.22. The van der Waals surface area contributed by atoms with Gasteiger partial charge in [-0.3, -0.25) is 4.79 Å². The zero-order valence-electron chi connectivity index (χ0n) is 16.4. The number of aryl methyl sites for hydroxylation is 1. The quantitative estimate of drug-likeness (QED) is 0.606. The van der Waals surface area contributed by atoms with Gasteiger partial charge in [0.15, 0.2) is 17.0 Å². The molecule has 9 nitrogen and oxygen atoms in total. The summed E-state index contributed by atoms with van der Waals surface area (Å²) >= 11 is 12.5. The number of amides is 1. The lowest BCUT2D eigenvalue weighted by Crippen LogP contribution is -2.58. The van der Waals surface area contributed by atoms with Crippen molar-refractivity contribution >= 4 is 51.8 Å². The van der Waals surface area contributed by atoms with Crippen LogP contribution in [0.5, 0.6) is 0 Å². The van der Waals surface area contributed by atoms with E-state index in [4.69, 9.17) is 23.2 Å². The van der Waals surface area contributed by atoms with E-state index in [0.717, 1.165) is 24.6 Å². The number of halogens is 2. The van der Waals surface area contributed by atoms with Crippen LogP contribution in [0.1, 0.15) is 0 Å². The van der Waals surface area contributed by atoms with Crippen molar-refractivity contribution in [2.45, 2.75) is 0 Å². The van der Waals surface area contributed by atoms with Gasteiger partial charge in [0.2, 0.25) is 5.91 Å². The number of anilines is 2. The molecule has 1 aromatic carbocycles. The Hall–Kier alpha value is -2.65. The number of aromatic nitrogens is 5. The summed E-state index contributed by atoms with van der Waals surface area (Å²) in [6, 6.07) is 5.64. The number of carbonyl (C=O) groups excluding carboxylic acids is 1. The molecule has 0 spiro atoms. The summed E-state index contributed by atoms with van der Waals surface area (Å²) in [5.74, 6) is 0.887. The monoisotopic (exact) mass is 446 g/mol. The van der Waals surface area contributed by atoms with Crippen LogP contribution in [0, 0.1) is 5.92 Å². The van der Waals surface area contributed by atoms with E-state index in [-0.39, 0.29) is 11.8 Å². The third-order valence-corrected chi connectivity index (χ3v) is 6.57. The fourth-order valence-electron chi connectivity index (χ4n) is 4.04. The van der Waals surface area contributed by atoms with Gasteiger partial charge in [0.25, 0.3) is 0 Å². The zero-order valence-corrected chi connectivity index (χ0v) is 17.9. The van der Waals surface area contributed by atoms with Crippen molar-refractivity contribution in [2.24, 2.45) is 13.0 Å². The van der Waals surface area contributed by atoms with Gasteiger partial charge in [0.1, 0.15) is 6.33 Å². The van der Waals surface area contributed by atoms with Crippen LogP contribution in [0.4, 0.5) is 11.5 Å². The van der Waals surface area contributed by atoms with Crippen LogP contribution < -0.4 is 9.80 Å². The molecule has 0 saturated carbocycles. The Morgan fingerprint density at radius 1 is 1.07 bits per heavy atom. The van der Waals surface area contributed by atoms with Crippen LogP contribution in [-0.4, -0.2) is 75.0 Å². The SMILES string of the molecule is Cn1nnc2c(N3CC(C(=O)N4CCN(c5cccc(Cl)c5Cl)CC4)C3)ncnc21. The molecule has 5 rings (SSSR count). The van der Waals surface area contributed by atoms with Crippen molar-refractivity contribution in [3.63, 3.8) is 0 Å². The van der Waals surface area contributed by atoms with Gasteiger partial charge in [-0.05, 0) is 12.1 Å². The Morgan fingerprint density at radius 3 is 2.60 bits per heavy atom. The molecular formula is C19H20Cl2N8O. The minimum atomic E-state index is -0.0343. The number of hydrogen-bond acceptors (Lipinski definition) is 7. The van der Waals surface area contributed by atoms with Gasteiger partial charge in [-0.1, -0.05) is 34.5 Å². The lowest BCUT2D eigenvalue weighted by atomic mass is 9.98. The molecule has 2 fully saturated rings. The van der Waals surface area contributed by atoms with Crippen LogP contribution in [0.3, 0.4) is 0 Å². The van der Waals surface area contributed by atoms with Crippen molar-refractivity contribution in [1.82, 2.24) is 29.9 Å². The Labute approximate surface area is 183 Å². The van der Waals surface area contributed by atoms with E-state index in [1.54, 1.807) is 17.8 Å². The summed E-state index contributed by atoms with van der Waals surface area (Å²) in [6.45, 7) is 4.05. The zero-order chi connectivity index (χ0) is 20.8. The first-order valence-electron chi connectivity index (χ1n) is 9.76. The van der Waals surface area contributed by atoms with Crippen LogP contribution in [0.25, 0.3) is 11.2 Å². The standard InChI is InChI=1S/C19H20Cl2N8O/c1-26-17-16(24-25-26)18(23-11-22-17)29-9-12(10-29)19(30)28-7-5-27(6-8-28)14-4-2-3-13(20)15(14)21/h2-4,11-12H,5-10H2,1H3. The average Bonchev–Trinajstić information content (AvgIpc) is 3.11. The largest absolute Gasteiger partial charge is 0.367 e. The summed E-state index contributed by atoms with van der Waals surface area (Å²) < 4.78 is 1.62. The van der Waals surface area contributed by atoms with Crippen molar-refractivity contribution in [3.05, 3.63) is 34.6 Å². The molecule has 2 aliphatic heterocycles. The lowest BCUT2D eigenvalue weighted by Gasteiger charge is -2.43. The second kappa shape index (κ2) is 7.55. The van der Waals surface area contributed by atoms with E-state index in [1.165, 1.54) is 6.33 Å². The molecule has 2 aliphatic rings. The maximum Gasteiger partial charge on any atom is 0.229 e. The normalized spacial score (nSPS) is 17.5. The first-order chi connectivity index (χ1) is 14.5. The molecule has 30 heavy (non-hydrogen) atoms. The smallest absolute Gasteiger partial charge is 0.229 e. The summed E-state index contributed by atoms with van der Waals surface area (Å²) in [4.78, 5) is 27.7. The number of nitrogens with zero attached hydrogens (tertiary/aromatic N) is 8. The van der Waals surface area contributed by atoms with E-state index in [9.17, 15) is 4.79 Å². The highest BCUT2D eigenvalue weighted by molar-refractivity contribution is 6.43. The number of carbonyl (C=O) groups is 1. The third-order valence-electron chi connectivity index (χ3n) is 5.76. The number of fused-ring (bicyclic) bond motifs is 1. The predicted molar refractivity (Wildman–Crippen MR) is 115 cm³/mol. The van der Waals surface area contributed by atoms with Gasteiger partial charge in [-0.15, -0.1) is 5.10 Å². The fourth-order valence-corrected chi connectivity index (χ4v) is 4.46. The molecule has 0 aliphatic carbocycles. The highest BCUT2D eigenvalue weighted by atomic mass is 35.5. The van der Waals surface area contributed by atoms with E-state index in [1.807, 2.05) is 17.0 Å². The molecule has 2 aromatic heterocycles. The lowest BCUT2D eigenvalue weighted by molar-refractivity contribution is -0.136. The van der Waals surface area contributed by atoms with Crippen molar-refractivity contribution in [2.75, 3.05) is 49.1 Å². The first kappa shape index (κ1) is 19.3. The Bertz CT molecular complexity index is 1110. The van der Waals surface area contributed by atoms with Crippen molar-refractivity contribution in [3.8, 4) is 0 Å². The second-order valence-electron chi connectivity index (χ2n) is 7.57. The first-order valence-corrected chi connectivity index (χ1v) is 10.5. The van der Waals surface area contributed by atoms with Crippen LogP contribution in [0.15, 0.2) is 24.5 Å². The highest BCUT2D eigenvalue weighted by Gasteiger charge is 2.38. The average molecular weight is 447 g/mol. The van der Waals surface area contributed by atoms with Gasteiger partial charge in [0.05, 0.1) is 21.7 Å². The molecule has 0 unspecified atom stereocenters. The molecule has 3 aromatic rings. The summed E-state index contributed by atoms with van der Waals surface area (Å²) in [5, 5.41) is 9.27. The van der Waals surface area contributed by atoms with Gasteiger partial charge in [-0.2, -0.15) is 0 Å². The molecule has 0 atom stereocenters. The molecule has 0 N–H and O–H groups in total. The van der Waals surface area contributed by atoms with Gasteiger partial charge in [0, 0.05) is 46.3 Å². The summed E-state index contributed by atoms with van der Waals surface area (Å²) in [7, 11) is 1.80. The Kier molecular flexibility index (Phi) is 4.86. The number of hydrogen-bond donors (Lipinski definition) is 0. The maximum atomic E-state index is 13.0. The second-order valence-corrected chi connectivity index (χ2v) is 8.35. The Morgan fingerprint density at radius 2 is 1.83 bits per heavy atom. The van der Waals surface area contributed by atoms with Crippen LogP contribution in [0.2, 0.25) is 10.0 Å². The van der Waals surface area contributed by atoms with Gasteiger partial charge < -0.3 is 14.7 Å². The topological polar surface area (TPSA) is 83.3 Å². The number of benzene rings is 1. The van der Waals surface area contributed by atoms with Gasteiger partial charge >= 0.3 is 0 Å². The number of rotatable bonds is 3. The Balaban J connectivity index is 1.20. The molecular weight excluding hydrogens is 427 g/mol. The molecule has 2 saturated heterocycles. The van der Waals surface area contributed by atoms with Crippen molar-refractivity contribution < 1.29 is 4.79 Å². The fraction of sp³-hybridized carbons (Fsp3) is 0.421. The molecule has 0 bridgehead atoms. The van der Waals surface area contributed by atoms with E-state index in [2.05, 4.69) is 30.1 Å². The minimum absolute atomic E-state index is 0.0343. The van der Waals surface area contributed by atoms with Crippen LogP contribution >= 0.6 is 23.2 Å². The van der Waals surface area contributed by atoms with E-state index >= 15 is 0 Å². The molecule has 11 heteroatoms. The molecule has 4 heterocycles. The molecule has 156 valence electrons. The summed E-state index contributed by atoms with van der Waals surface area (Å²) in [5.41, 5.74) is 2.27. The maximum absolute atomic E-state index is 13.0. The van der Waals surface area contributed by atoms with E-state index in [0.29, 0.717) is 47.4 Å². The molecule has 1 amide bonds.